The molecule has 0 bridgehead atoms. The van der Waals surface area contributed by atoms with Gasteiger partial charge in [0.25, 0.3) is 0 Å². The number of benzene rings is 1. The van der Waals surface area contributed by atoms with Crippen LogP contribution in [0.2, 0.25) is 0 Å². The van der Waals surface area contributed by atoms with Gasteiger partial charge in [-0.05, 0) is 12.1 Å². The molecule has 0 amide bonds. The number of hydrogen-bond donors (Lipinski definition) is 2. The molecule has 0 fully saturated rings. The molecule has 1 rings (SSSR count). The molecule has 0 unspecified atom stereocenters. The molecule has 2 N–H and O–H groups in total. The first kappa shape index (κ1) is 14.0. The highest BCUT2D eigenvalue weighted by molar-refractivity contribution is 7.90. The Morgan fingerprint density at radius 1 is 1.35 bits per heavy atom. The minimum atomic E-state index is -3.14. The van der Waals surface area contributed by atoms with E-state index in [1.807, 2.05) is 0 Å². The van der Waals surface area contributed by atoms with E-state index in [1.54, 1.807) is 18.2 Å². The summed E-state index contributed by atoms with van der Waals surface area (Å²) in [4.78, 5) is 0.315. The summed E-state index contributed by atoms with van der Waals surface area (Å²) >= 11 is 0. The SMILES string of the molecule is CC(C)NCCNc1[c]ccc(S(C)(=O)=O)c1. The summed E-state index contributed by atoms with van der Waals surface area (Å²) < 4.78 is 22.7. The largest absolute Gasteiger partial charge is 0.383 e. The molecule has 0 aliphatic carbocycles. The van der Waals surface area contributed by atoms with Crippen molar-refractivity contribution in [3.8, 4) is 0 Å². The number of rotatable bonds is 6. The maximum atomic E-state index is 11.4. The fourth-order valence-electron chi connectivity index (χ4n) is 1.34. The highest BCUT2D eigenvalue weighted by atomic mass is 32.2. The highest BCUT2D eigenvalue weighted by Crippen LogP contribution is 2.14. The topological polar surface area (TPSA) is 58.2 Å². The Morgan fingerprint density at radius 3 is 2.65 bits per heavy atom. The van der Waals surface area contributed by atoms with Crippen LogP contribution in [-0.2, 0) is 9.84 Å². The molecule has 0 heterocycles. The predicted octanol–water partition coefficient (Wildman–Crippen LogP) is 1.30. The lowest BCUT2D eigenvalue weighted by molar-refractivity contribution is 0.601. The summed E-state index contributed by atoms with van der Waals surface area (Å²) in [6.07, 6.45) is 1.20. The summed E-state index contributed by atoms with van der Waals surface area (Å²) in [5.41, 5.74) is 0.707. The average molecular weight is 255 g/mol. The molecular formula is C12H19N2O2S. The van der Waals surface area contributed by atoms with Crippen LogP contribution >= 0.6 is 0 Å². The molecule has 5 heteroatoms. The van der Waals surface area contributed by atoms with Gasteiger partial charge in [-0.2, -0.15) is 0 Å². The van der Waals surface area contributed by atoms with Gasteiger partial charge in [0.05, 0.1) is 4.90 Å². The second kappa shape index (κ2) is 6.02. The lowest BCUT2D eigenvalue weighted by atomic mass is 10.3. The molecule has 0 saturated heterocycles. The molecule has 0 atom stereocenters. The molecule has 95 valence electrons. The quantitative estimate of drug-likeness (QED) is 0.752. The second-order valence-corrected chi connectivity index (χ2v) is 6.26. The van der Waals surface area contributed by atoms with E-state index in [4.69, 9.17) is 0 Å². The van der Waals surface area contributed by atoms with Gasteiger partial charge < -0.3 is 10.6 Å². The number of nitrogens with one attached hydrogen (secondary N) is 2. The molecule has 1 aromatic rings. The van der Waals surface area contributed by atoms with Crippen LogP contribution in [0.3, 0.4) is 0 Å². The molecule has 17 heavy (non-hydrogen) atoms. The van der Waals surface area contributed by atoms with Crippen molar-refractivity contribution >= 4 is 15.5 Å². The normalized spacial score (nSPS) is 11.8. The van der Waals surface area contributed by atoms with Crippen LogP contribution in [0.5, 0.6) is 0 Å². The first-order valence-corrected chi connectivity index (χ1v) is 7.48. The summed E-state index contributed by atoms with van der Waals surface area (Å²) in [6.45, 7) is 5.73. The fourth-order valence-corrected chi connectivity index (χ4v) is 1.98. The number of sulfone groups is 1. The van der Waals surface area contributed by atoms with Crippen LogP contribution in [0.15, 0.2) is 23.1 Å². The summed E-state index contributed by atoms with van der Waals surface area (Å²) in [5, 5.41) is 6.40. The Hall–Kier alpha value is -1.07. The third-order valence-electron chi connectivity index (χ3n) is 2.19. The van der Waals surface area contributed by atoms with Crippen molar-refractivity contribution < 1.29 is 8.42 Å². The highest BCUT2D eigenvalue weighted by Gasteiger charge is 2.06. The molecule has 4 nitrogen and oxygen atoms in total. The maximum Gasteiger partial charge on any atom is 0.175 e. The van der Waals surface area contributed by atoms with Crippen LogP contribution < -0.4 is 10.6 Å². The summed E-state index contributed by atoms with van der Waals surface area (Å²) in [7, 11) is -3.14. The number of anilines is 1. The summed E-state index contributed by atoms with van der Waals surface area (Å²) in [6, 6.07) is 8.18. The second-order valence-electron chi connectivity index (χ2n) is 4.25. The average Bonchev–Trinajstić information content (AvgIpc) is 2.23. The Morgan fingerprint density at radius 2 is 2.06 bits per heavy atom. The van der Waals surface area contributed by atoms with E-state index in [0.29, 0.717) is 16.6 Å². The van der Waals surface area contributed by atoms with Crippen LogP contribution in [-0.4, -0.2) is 33.8 Å². The molecule has 0 aliphatic heterocycles. The third kappa shape index (κ3) is 5.19. The smallest absolute Gasteiger partial charge is 0.175 e. The van der Waals surface area contributed by atoms with E-state index in [2.05, 4.69) is 30.5 Å². The van der Waals surface area contributed by atoms with E-state index in [-0.39, 0.29) is 0 Å². The molecule has 1 aromatic carbocycles. The first-order chi connectivity index (χ1) is 7.89. The molecule has 0 saturated carbocycles. The van der Waals surface area contributed by atoms with Crippen molar-refractivity contribution in [3.63, 3.8) is 0 Å². The third-order valence-corrected chi connectivity index (χ3v) is 3.30. The lowest BCUT2D eigenvalue weighted by Gasteiger charge is -2.10. The van der Waals surface area contributed by atoms with Crippen molar-refractivity contribution in [2.45, 2.75) is 24.8 Å². The maximum absolute atomic E-state index is 11.4. The van der Waals surface area contributed by atoms with Crippen LogP contribution in [0, 0.1) is 6.07 Å². The van der Waals surface area contributed by atoms with E-state index in [0.717, 1.165) is 13.1 Å². The van der Waals surface area contributed by atoms with Crippen molar-refractivity contribution in [1.82, 2.24) is 5.32 Å². The Bertz CT molecular complexity index is 455. The van der Waals surface area contributed by atoms with Crippen LogP contribution in [0.25, 0.3) is 0 Å². The zero-order valence-corrected chi connectivity index (χ0v) is 11.3. The van der Waals surface area contributed by atoms with Crippen LogP contribution in [0.4, 0.5) is 5.69 Å². The van der Waals surface area contributed by atoms with Gasteiger partial charge >= 0.3 is 0 Å². The van der Waals surface area contributed by atoms with Gasteiger partial charge in [0, 0.05) is 37.1 Å². The minimum Gasteiger partial charge on any atom is -0.383 e. The van der Waals surface area contributed by atoms with E-state index in [1.165, 1.54) is 6.26 Å². The van der Waals surface area contributed by atoms with Gasteiger partial charge in [-0.25, -0.2) is 8.42 Å². The van der Waals surface area contributed by atoms with Crippen molar-refractivity contribution in [3.05, 3.63) is 24.3 Å². The van der Waals surface area contributed by atoms with Crippen molar-refractivity contribution in [1.29, 1.82) is 0 Å². The molecule has 0 spiro atoms. The van der Waals surface area contributed by atoms with Crippen molar-refractivity contribution in [2.75, 3.05) is 24.7 Å². The molecule has 1 radical (unpaired) electrons. The Balaban J connectivity index is 2.55. The van der Waals surface area contributed by atoms with Gasteiger partial charge in [0.1, 0.15) is 0 Å². The van der Waals surface area contributed by atoms with E-state index >= 15 is 0 Å². The molecular weight excluding hydrogens is 236 g/mol. The first-order valence-electron chi connectivity index (χ1n) is 5.58. The Labute approximate surface area is 103 Å². The lowest BCUT2D eigenvalue weighted by Crippen LogP contribution is -2.28. The number of hydrogen-bond acceptors (Lipinski definition) is 4. The van der Waals surface area contributed by atoms with Gasteiger partial charge in [0.2, 0.25) is 0 Å². The van der Waals surface area contributed by atoms with Crippen LogP contribution in [0.1, 0.15) is 13.8 Å². The van der Waals surface area contributed by atoms with Crippen molar-refractivity contribution in [2.24, 2.45) is 0 Å². The van der Waals surface area contributed by atoms with E-state index < -0.39 is 9.84 Å². The van der Waals surface area contributed by atoms with Gasteiger partial charge in [0.15, 0.2) is 9.84 Å². The van der Waals surface area contributed by atoms with Gasteiger partial charge in [-0.3, -0.25) is 0 Å². The fraction of sp³-hybridized carbons (Fsp3) is 0.500. The monoisotopic (exact) mass is 255 g/mol. The summed E-state index contributed by atoms with van der Waals surface area (Å²) in [5.74, 6) is 0. The van der Waals surface area contributed by atoms with Gasteiger partial charge in [-0.1, -0.05) is 19.9 Å². The Kier molecular flexibility index (Phi) is 4.96. The zero-order valence-electron chi connectivity index (χ0n) is 10.4. The van der Waals surface area contributed by atoms with Gasteiger partial charge in [-0.15, -0.1) is 0 Å². The van der Waals surface area contributed by atoms with E-state index in [9.17, 15) is 8.42 Å². The standard InChI is InChI=1S/C12H19N2O2S/c1-10(2)13-7-8-14-11-5-4-6-12(9-11)17(3,15)16/h4,6,9-10,13-14H,7-8H2,1-3H3. The molecule has 0 aliphatic rings. The zero-order chi connectivity index (χ0) is 12.9. The predicted molar refractivity (Wildman–Crippen MR) is 70.0 cm³/mol. The minimum absolute atomic E-state index is 0.315. The molecule has 0 aromatic heterocycles.